The van der Waals surface area contributed by atoms with Crippen LogP contribution in [-0.2, 0) is 16.4 Å². The van der Waals surface area contributed by atoms with Crippen LogP contribution in [0.3, 0.4) is 0 Å². The third kappa shape index (κ3) is 4.16. The van der Waals surface area contributed by atoms with E-state index in [1.54, 1.807) is 6.20 Å². The summed E-state index contributed by atoms with van der Waals surface area (Å²) < 4.78 is 25.1. The van der Waals surface area contributed by atoms with E-state index in [1.165, 1.54) is 5.56 Å². The lowest BCUT2D eigenvalue weighted by molar-refractivity contribution is 0.111. The second kappa shape index (κ2) is 7.50. The standard InChI is InChI=1S/C19H26N4O2S/c24-26(25)14-12-22(13-15-26)18-6-10-21(11-7-18)16-17-2-4-19(5-3-17)23-9-1-8-20-23/h1-5,8-9,18H,6-7,10-16H2. The molecule has 7 heteroatoms. The molecular weight excluding hydrogens is 348 g/mol. The van der Waals surface area contributed by atoms with E-state index >= 15 is 0 Å². The molecule has 2 aromatic rings. The zero-order valence-corrected chi connectivity index (χ0v) is 15.8. The van der Waals surface area contributed by atoms with Crippen molar-refractivity contribution in [2.75, 3.05) is 37.7 Å². The van der Waals surface area contributed by atoms with Crippen molar-refractivity contribution >= 4 is 9.84 Å². The SMILES string of the molecule is O=S1(=O)CCN(C2CCN(Cc3ccc(-n4cccn4)cc3)CC2)CC1. The average molecular weight is 375 g/mol. The zero-order chi connectivity index (χ0) is 18.0. The average Bonchev–Trinajstić information content (AvgIpc) is 3.18. The fourth-order valence-electron chi connectivity index (χ4n) is 3.97. The van der Waals surface area contributed by atoms with Crippen LogP contribution in [0.1, 0.15) is 18.4 Å². The Morgan fingerprint density at radius 3 is 2.31 bits per heavy atom. The summed E-state index contributed by atoms with van der Waals surface area (Å²) in [6.07, 6.45) is 6.00. The Morgan fingerprint density at radius 1 is 1.00 bits per heavy atom. The Labute approximate surface area is 155 Å². The highest BCUT2D eigenvalue weighted by Gasteiger charge is 2.29. The third-order valence-corrected chi connectivity index (χ3v) is 7.17. The molecule has 0 amide bonds. The van der Waals surface area contributed by atoms with Crippen LogP contribution in [0, 0.1) is 0 Å². The van der Waals surface area contributed by atoms with Crippen molar-refractivity contribution in [3.63, 3.8) is 0 Å². The summed E-state index contributed by atoms with van der Waals surface area (Å²) in [6, 6.07) is 11.1. The minimum atomic E-state index is -2.78. The molecule has 1 aromatic heterocycles. The maximum atomic E-state index is 11.6. The maximum absolute atomic E-state index is 11.6. The first-order chi connectivity index (χ1) is 12.6. The van der Waals surface area contributed by atoms with Crippen LogP contribution >= 0.6 is 0 Å². The molecule has 0 bridgehead atoms. The van der Waals surface area contributed by atoms with Gasteiger partial charge in [0.15, 0.2) is 9.84 Å². The maximum Gasteiger partial charge on any atom is 0.152 e. The first kappa shape index (κ1) is 17.7. The van der Waals surface area contributed by atoms with Gasteiger partial charge in [-0.1, -0.05) is 12.1 Å². The van der Waals surface area contributed by atoms with E-state index in [0.29, 0.717) is 30.6 Å². The molecule has 0 aliphatic carbocycles. The summed E-state index contributed by atoms with van der Waals surface area (Å²) in [5, 5.41) is 4.26. The molecular formula is C19H26N4O2S. The van der Waals surface area contributed by atoms with E-state index in [-0.39, 0.29) is 0 Å². The third-order valence-electron chi connectivity index (χ3n) is 5.56. The van der Waals surface area contributed by atoms with E-state index in [9.17, 15) is 8.42 Å². The molecule has 140 valence electrons. The molecule has 2 aliphatic rings. The van der Waals surface area contributed by atoms with Gasteiger partial charge in [-0.2, -0.15) is 5.10 Å². The quantitative estimate of drug-likeness (QED) is 0.813. The van der Waals surface area contributed by atoms with E-state index in [2.05, 4.69) is 39.2 Å². The van der Waals surface area contributed by atoms with Gasteiger partial charge < -0.3 is 0 Å². The number of rotatable bonds is 4. The van der Waals surface area contributed by atoms with Gasteiger partial charge in [0.2, 0.25) is 0 Å². The molecule has 4 rings (SSSR count). The summed E-state index contributed by atoms with van der Waals surface area (Å²) >= 11 is 0. The largest absolute Gasteiger partial charge is 0.299 e. The number of likely N-dealkylation sites (tertiary alicyclic amines) is 1. The van der Waals surface area contributed by atoms with Crippen molar-refractivity contribution in [1.29, 1.82) is 0 Å². The molecule has 3 heterocycles. The van der Waals surface area contributed by atoms with Crippen molar-refractivity contribution in [3.05, 3.63) is 48.3 Å². The molecule has 1 aromatic carbocycles. The Bertz CT molecular complexity index is 796. The van der Waals surface area contributed by atoms with Crippen LogP contribution in [0.15, 0.2) is 42.7 Å². The van der Waals surface area contributed by atoms with Gasteiger partial charge in [-0.25, -0.2) is 13.1 Å². The molecule has 2 saturated heterocycles. The summed E-state index contributed by atoms with van der Waals surface area (Å²) in [5.41, 5.74) is 2.40. The van der Waals surface area contributed by atoms with E-state index < -0.39 is 9.84 Å². The smallest absolute Gasteiger partial charge is 0.152 e. The summed E-state index contributed by atoms with van der Waals surface area (Å²) in [5.74, 6) is 0.658. The van der Waals surface area contributed by atoms with Crippen molar-refractivity contribution in [1.82, 2.24) is 19.6 Å². The lowest BCUT2D eigenvalue weighted by atomic mass is 10.0. The highest BCUT2D eigenvalue weighted by atomic mass is 32.2. The number of nitrogens with zero attached hydrogens (tertiary/aromatic N) is 4. The van der Waals surface area contributed by atoms with Gasteiger partial charge in [0.25, 0.3) is 0 Å². The van der Waals surface area contributed by atoms with Crippen molar-refractivity contribution < 1.29 is 8.42 Å². The van der Waals surface area contributed by atoms with Crippen LogP contribution in [-0.4, -0.2) is 71.7 Å². The van der Waals surface area contributed by atoms with Gasteiger partial charge in [0, 0.05) is 38.1 Å². The lowest BCUT2D eigenvalue weighted by Gasteiger charge is -2.40. The normalized spacial score (nSPS) is 22.5. The molecule has 2 fully saturated rings. The van der Waals surface area contributed by atoms with E-state index in [0.717, 1.165) is 38.2 Å². The first-order valence-electron chi connectivity index (χ1n) is 9.35. The highest BCUT2D eigenvalue weighted by Crippen LogP contribution is 2.20. The Kier molecular flexibility index (Phi) is 5.11. The van der Waals surface area contributed by atoms with Gasteiger partial charge in [-0.3, -0.25) is 9.80 Å². The van der Waals surface area contributed by atoms with Crippen molar-refractivity contribution in [3.8, 4) is 5.69 Å². The fourth-order valence-corrected chi connectivity index (χ4v) is 5.20. The Balaban J connectivity index is 1.27. The molecule has 6 nitrogen and oxygen atoms in total. The topological polar surface area (TPSA) is 58.4 Å². The molecule has 0 radical (unpaired) electrons. The number of hydrogen-bond acceptors (Lipinski definition) is 5. The first-order valence-corrected chi connectivity index (χ1v) is 11.2. The van der Waals surface area contributed by atoms with E-state index in [1.807, 2.05) is 16.9 Å². The van der Waals surface area contributed by atoms with Gasteiger partial charge in [-0.15, -0.1) is 0 Å². The van der Waals surface area contributed by atoms with Crippen LogP contribution in [0.25, 0.3) is 5.69 Å². The van der Waals surface area contributed by atoms with Gasteiger partial charge in [0.1, 0.15) is 0 Å². The minimum Gasteiger partial charge on any atom is -0.299 e. The number of benzene rings is 1. The Morgan fingerprint density at radius 2 is 1.69 bits per heavy atom. The summed E-state index contributed by atoms with van der Waals surface area (Å²) in [6.45, 7) is 4.55. The van der Waals surface area contributed by atoms with Crippen LogP contribution in [0.5, 0.6) is 0 Å². The predicted octanol–water partition coefficient (Wildman–Crippen LogP) is 1.57. The predicted molar refractivity (Wildman–Crippen MR) is 102 cm³/mol. The molecule has 0 spiro atoms. The molecule has 0 saturated carbocycles. The van der Waals surface area contributed by atoms with E-state index in [4.69, 9.17) is 0 Å². The zero-order valence-electron chi connectivity index (χ0n) is 15.0. The monoisotopic (exact) mass is 374 g/mol. The summed E-state index contributed by atoms with van der Waals surface area (Å²) in [7, 11) is -2.78. The number of piperidine rings is 1. The van der Waals surface area contributed by atoms with Crippen LogP contribution < -0.4 is 0 Å². The summed E-state index contributed by atoms with van der Waals surface area (Å²) in [4.78, 5) is 4.89. The van der Waals surface area contributed by atoms with Crippen LogP contribution in [0.4, 0.5) is 0 Å². The number of aromatic nitrogens is 2. The second-order valence-corrected chi connectivity index (χ2v) is 9.62. The molecule has 0 N–H and O–H groups in total. The van der Waals surface area contributed by atoms with Crippen molar-refractivity contribution in [2.24, 2.45) is 0 Å². The molecule has 2 aliphatic heterocycles. The van der Waals surface area contributed by atoms with Gasteiger partial charge in [0.05, 0.1) is 17.2 Å². The molecule has 26 heavy (non-hydrogen) atoms. The fraction of sp³-hybridized carbons (Fsp3) is 0.526. The number of hydrogen-bond donors (Lipinski definition) is 0. The van der Waals surface area contributed by atoms with Crippen LogP contribution in [0.2, 0.25) is 0 Å². The van der Waals surface area contributed by atoms with Gasteiger partial charge in [-0.05, 0) is 49.7 Å². The molecule has 0 unspecified atom stereocenters. The second-order valence-electron chi connectivity index (χ2n) is 7.31. The molecule has 0 atom stereocenters. The Hall–Kier alpha value is -1.70. The minimum absolute atomic E-state index is 0.329. The van der Waals surface area contributed by atoms with Gasteiger partial charge >= 0.3 is 0 Å². The highest BCUT2D eigenvalue weighted by molar-refractivity contribution is 7.91. The number of sulfone groups is 1. The van der Waals surface area contributed by atoms with Crippen molar-refractivity contribution in [2.45, 2.75) is 25.4 Å². The lowest BCUT2D eigenvalue weighted by Crippen LogP contribution is -2.50.